The quantitative estimate of drug-likeness (QED) is 0.528. The van der Waals surface area contributed by atoms with Gasteiger partial charge in [-0.3, -0.25) is 4.57 Å². The number of hydrogen-bond donors (Lipinski definition) is 3. The largest absolute Gasteiger partial charge is 0.396 e. The number of thioether (sulfide) groups is 1. The molecule has 1 unspecified atom stereocenters. The van der Waals surface area contributed by atoms with Gasteiger partial charge < -0.3 is 20.7 Å². The maximum atomic E-state index is 9.16. The van der Waals surface area contributed by atoms with Crippen LogP contribution in [0.5, 0.6) is 0 Å². The van der Waals surface area contributed by atoms with E-state index in [1.54, 1.807) is 6.33 Å². The first kappa shape index (κ1) is 14.5. The zero-order valence-electron chi connectivity index (χ0n) is 11.3. The molecule has 0 radical (unpaired) electrons. The molecule has 2 aromatic rings. The molecule has 21 heavy (non-hydrogen) atoms. The van der Waals surface area contributed by atoms with Crippen LogP contribution in [0.2, 0.25) is 0 Å². The number of hydrogen-bond acceptors (Lipinski definition) is 8. The number of aromatic nitrogens is 4. The van der Waals surface area contributed by atoms with E-state index < -0.39 is 0 Å². The van der Waals surface area contributed by atoms with E-state index in [1.165, 1.54) is 11.8 Å². The Labute approximate surface area is 125 Å². The van der Waals surface area contributed by atoms with Crippen molar-refractivity contribution in [1.29, 1.82) is 0 Å². The summed E-state index contributed by atoms with van der Waals surface area (Å²) in [6.07, 6.45) is 2.91. The molecule has 1 aliphatic heterocycles. The first-order valence-corrected chi connectivity index (χ1v) is 7.71. The van der Waals surface area contributed by atoms with E-state index in [2.05, 4.69) is 15.0 Å². The lowest BCUT2D eigenvalue weighted by Crippen LogP contribution is -2.14. The fraction of sp³-hybridized carbons (Fsp3) is 0.583. The van der Waals surface area contributed by atoms with Gasteiger partial charge in [-0.2, -0.15) is 4.98 Å². The van der Waals surface area contributed by atoms with E-state index in [4.69, 9.17) is 20.7 Å². The van der Waals surface area contributed by atoms with Crippen molar-refractivity contribution in [2.24, 2.45) is 0 Å². The van der Waals surface area contributed by atoms with Gasteiger partial charge in [0.2, 0.25) is 5.95 Å². The summed E-state index contributed by atoms with van der Waals surface area (Å²) in [7, 11) is 0. The molecule has 0 bridgehead atoms. The zero-order chi connectivity index (χ0) is 14.8. The van der Waals surface area contributed by atoms with Crippen LogP contribution in [0.15, 0.2) is 11.4 Å². The lowest BCUT2D eigenvalue weighted by Gasteiger charge is -2.14. The predicted molar refractivity (Wildman–Crippen MR) is 77.8 cm³/mol. The van der Waals surface area contributed by atoms with Crippen molar-refractivity contribution in [2.75, 3.05) is 24.7 Å². The number of nitrogens with two attached hydrogens (primary N) is 1. The molecule has 8 nitrogen and oxygen atoms in total. The number of nitrogen functional groups attached to an aromatic ring is 1. The monoisotopic (exact) mass is 311 g/mol. The van der Waals surface area contributed by atoms with Crippen LogP contribution < -0.4 is 5.73 Å². The van der Waals surface area contributed by atoms with Gasteiger partial charge in [-0.1, -0.05) is 0 Å². The highest BCUT2D eigenvalue weighted by Crippen LogP contribution is 2.32. The fourth-order valence-electron chi connectivity index (χ4n) is 2.39. The van der Waals surface area contributed by atoms with Gasteiger partial charge in [0.1, 0.15) is 16.8 Å². The zero-order valence-corrected chi connectivity index (χ0v) is 12.2. The molecule has 1 aliphatic rings. The van der Waals surface area contributed by atoms with E-state index >= 15 is 0 Å². The first-order valence-electron chi connectivity index (χ1n) is 6.73. The maximum Gasteiger partial charge on any atom is 0.223 e. The van der Waals surface area contributed by atoms with Gasteiger partial charge in [0.25, 0.3) is 0 Å². The third-order valence-corrected chi connectivity index (χ3v) is 4.28. The number of rotatable bonds is 5. The Morgan fingerprint density at radius 2 is 2.24 bits per heavy atom. The molecule has 2 aromatic heterocycles. The summed E-state index contributed by atoms with van der Waals surface area (Å²) < 4.78 is 7.57. The van der Waals surface area contributed by atoms with Gasteiger partial charge in [0.05, 0.1) is 25.6 Å². The summed E-state index contributed by atoms with van der Waals surface area (Å²) in [4.78, 5) is 12.8. The summed E-state index contributed by atoms with van der Waals surface area (Å²) in [5.41, 5.74) is 7.03. The lowest BCUT2D eigenvalue weighted by molar-refractivity contribution is -0.0207. The van der Waals surface area contributed by atoms with Crippen LogP contribution >= 0.6 is 11.8 Å². The van der Waals surface area contributed by atoms with Crippen molar-refractivity contribution in [3.63, 3.8) is 0 Å². The van der Waals surface area contributed by atoms with E-state index in [1.807, 2.05) is 4.57 Å². The standard InChI is InChI=1S/C12H17N5O3S/c13-12-15-10-9(11(16-12)21-4-3-18)14-6-17(10)8-2-1-7(5-19)20-8/h6-8,18-19H,1-5H2,(H2,13,15,16)/t7?,8-/m1/s1. The van der Waals surface area contributed by atoms with E-state index in [9.17, 15) is 0 Å². The summed E-state index contributed by atoms with van der Waals surface area (Å²) in [6, 6.07) is 0. The van der Waals surface area contributed by atoms with Crippen molar-refractivity contribution in [1.82, 2.24) is 19.5 Å². The highest BCUT2D eigenvalue weighted by atomic mass is 32.2. The number of aliphatic hydroxyl groups excluding tert-OH is 2. The molecule has 0 amide bonds. The minimum Gasteiger partial charge on any atom is -0.396 e. The lowest BCUT2D eigenvalue weighted by atomic mass is 10.2. The highest BCUT2D eigenvalue weighted by Gasteiger charge is 2.28. The molecule has 114 valence electrons. The topological polar surface area (TPSA) is 119 Å². The predicted octanol–water partition coefficient (Wildman–Crippen LogP) is 0.163. The van der Waals surface area contributed by atoms with Gasteiger partial charge in [-0.05, 0) is 12.8 Å². The Bertz CT molecular complexity index is 635. The minimum absolute atomic E-state index is 0.0118. The van der Waals surface area contributed by atoms with Crippen LogP contribution in [0.4, 0.5) is 5.95 Å². The maximum absolute atomic E-state index is 9.16. The highest BCUT2D eigenvalue weighted by molar-refractivity contribution is 7.99. The minimum atomic E-state index is -0.197. The van der Waals surface area contributed by atoms with Crippen molar-refractivity contribution in [3.8, 4) is 0 Å². The Kier molecular flexibility index (Phi) is 4.24. The number of ether oxygens (including phenoxy) is 1. The molecule has 0 aliphatic carbocycles. The molecule has 0 saturated carbocycles. The van der Waals surface area contributed by atoms with Crippen LogP contribution in [0.25, 0.3) is 11.2 Å². The average molecular weight is 311 g/mol. The second kappa shape index (κ2) is 6.14. The third-order valence-electron chi connectivity index (χ3n) is 3.34. The normalized spacial score (nSPS) is 22.2. The first-order chi connectivity index (χ1) is 10.2. The molecular formula is C12H17N5O3S. The van der Waals surface area contributed by atoms with Crippen LogP contribution in [0, 0.1) is 0 Å². The summed E-state index contributed by atoms with van der Waals surface area (Å²) in [5, 5.41) is 18.8. The Balaban J connectivity index is 1.96. The van der Waals surface area contributed by atoms with E-state index in [0.29, 0.717) is 21.9 Å². The molecule has 3 rings (SSSR count). The number of aliphatic hydroxyl groups is 2. The molecule has 2 atom stereocenters. The van der Waals surface area contributed by atoms with Gasteiger partial charge in [0.15, 0.2) is 5.65 Å². The van der Waals surface area contributed by atoms with Crippen LogP contribution in [-0.4, -0.2) is 54.8 Å². The van der Waals surface area contributed by atoms with Crippen LogP contribution in [0.1, 0.15) is 19.1 Å². The molecule has 3 heterocycles. The van der Waals surface area contributed by atoms with E-state index in [0.717, 1.165) is 12.8 Å². The smallest absolute Gasteiger partial charge is 0.223 e. The van der Waals surface area contributed by atoms with Gasteiger partial charge in [-0.25, -0.2) is 9.97 Å². The Morgan fingerprint density at radius 1 is 1.38 bits per heavy atom. The Hall–Kier alpha value is -1.42. The molecule has 1 saturated heterocycles. The molecule has 0 aromatic carbocycles. The van der Waals surface area contributed by atoms with Crippen molar-refractivity contribution >= 4 is 28.9 Å². The molecular weight excluding hydrogens is 294 g/mol. The van der Waals surface area contributed by atoms with Crippen molar-refractivity contribution in [2.45, 2.75) is 30.2 Å². The van der Waals surface area contributed by atoms with E-state index in [-0.39, 0.29) is 31.5 Å². The van der Waals surface area contributed by atoms with Crippen molar-refractivity contribution < 1.29 is 14.9 Å². The number of fused-ring (bicyclic) bond motifs is 1. The van der Waals surface area contributed by atoms with Crippen molar-refractivity contribution in [3.05, 3.63) is 6.33 Å². The molecule has 0 spiro atoms. The molecule has 1 fully saturated rings. The molecule has 4 N–H and O–H groups in total. The van der Waals surface area contributed by atoms with Crippen LogP contribution in [0.3, 0.4) is 0 Å². The summed E-state index contributed by atoms with van der Waals surface area (Å²) in [5.74, 6) is 0.687. The average Bonchev–Trinajstić information content (AvgIpc) is 3.10. The number of imidazole rings is 1. The van der Waals surface area contributed by atoms with Crippen LogP contribution in [-0.2, 0) is 4.74 Å². The number of nitrogens with zero attached hydrogens (tertiary/aromatic N) is 4. The summed E-state index contributed by atoms with van der Waals surface area (Å²) in [6.45, 7) is 0.0680. The van der Waals surface area contributed by atoms with Gasteiger partial charge >= 0.3 is 0 Å². The Morgan fingerprint density at radius 3 is 2.95 bits per heavy atom. The summed E-state index contributed by atoms with van der Waals surface area (Å²) >= 11 is 1.39. The number of anilines is 1. The molecule has 9 heteroatoms. The second-order valence-corrected chi connectivity index (χ2v) is 5.84. The third kappa shape index (κ3) is 2.82. The second-order valence-electron chi connectivity index (χ2n) is 4.76. The fourth-order valence-corrected chi connectivity index (χ4v) is 3.11. The van der Waals surface area contributed by atoms with Gasteiger partial charge in [0, 0.05) is 5.75 Å². The van der Waals surface area contributed by atoms with Gasteiger partial charge in [-0.15, -0.1) is 11.8 Å². The SMILES string of the molecule is Nc1nc(SCCO)c2ncn([C@H]3CCC(CO)O3)c2n1.